The Morgan fingerprint density at radius 2 is 0.658 bits per heavy atom. The number of aryl methyl sites for hydroxylation is 8. The first-order valence-electron chi connectivity index (χ1n) is 14.5. The van der Waals surface area contributed by atoms with Crippen LogP contribution in [0.15, 0.2) is 97.1 Å². The average Bonchev–Trinajstić information content (AvgIpc) is 2.96. The fraction of sp³-hybridized carbons (Fsp3) is 0.368. The molecule has 0 amide bonds. The van der Waals surface area contributed by atoms with E-state index in [1.807, 2.05) is 13.8 Å². The number of rotatable bonds is 4. The van der Waals surface area contributed by atoms with Crippen LogP contribution in [-0.4, -0.2) is 0 Å². The molecule has 4 aromatic rings. The summed E-state index contributed by atoms with van der Waals surface area (Å²) in [4.78, 5) is 0. The molecule has 0 spiro atoms. The van der Waals surface area contributed by atoms with E-state index in [0.717, 1.165) is 25.7 Å². The third-order valence-corrected chi connectivity index (χ3v) is 6.04. The molecule has 0 saturated carbocycles. The van der Waals surface area contributed by atoms with Gasteiger partial charge in [-0.2, -0.15) is 0 Å². The first-order chi connectivity index (χ1) is 18.3. The minimum Gasteiger partial charge on any atom is -0.0683 e. The normalized spacial score (nSPS) is 9.21. The van der Waals surface area contributed by atoms with Crippen molar-refractivity contribution in [3.8, 4) is 0 Å². The first kappa shape index (κ1) is 34.9. The highest BCUT2D eigenvalue weighted by molar-refractivity contribution is 5.24. The molecular weight excluding hydrogens is 456 g/mol. The lowest BCUT2D eigenvalue weighted by atomic mass is 10.1. The zero-order chi connectivity index (χ0) is 28.8. The smallest absolute Gasteiger partial charge is 0.0307 e. The Hall–Kier alpha value is -3.12. The predicted octanol–water partition coefficient (Wildman–Crippen LogP) is 11.3. The molecule has 0 N–H and O–H groups in total. The van der Waals surface area contributed by atoms with Gasteiger partial charge in [0.15, 0.2) is 0 Å². The molecule has 0 unspecified atom stereocenters. The molecule has 0 nitrogen and oxygen atoms in total. The van der Waals surface area contributed by atoms with Crippen LogP contribution in [0.3, 0.4) is 0 Å². The summed E-state index contributed by atoms with van der Waals surface area (Å²) < 4.78 is 0. The van der Waals surface area contributed by atoms with E-state index in [4.69, 9.17) is 0 Å². The van der Waals surface area contributed by atoms with Gasteiger partial charge in [0.2, 0.25) is 0 Å². The van der Waals surface area contributed by atoms with Gasteiger partial charge in [-0.15, -0.1) is 0 Å². The molecule has 0 fully saturated rings. The van der Waals surface area contributed by atoms with Gasteiger partial charge in [-0.3, -0.25) is 0 Å². The highest BCUT2D eigenvalue weighted by atomic mass is 14.0. The Labute approximate surface area is 236 Å². The Morgan fingerprint density at radius 1 is 0.342 bits per heavy atom. The lowest BCUT2D eigenvalue weighted by molar-refractivity contribution is 1.09. The third kappa shape index (κ3) is 16.6. The zero-order valence-corrected chi connectivity index (χ0v) is 26.1. The molecule has 206 valence electrons. The highest BCUT2D eigenvalue weighted by Crippen LogP contribution is 2.06. The molecular formula is C38H54. The molecule has 0 heterocycles. The van der Waals surface area contributed by atoms with Gasteiger partial charge in [-0.25, -0.2) is 0 Å². The van der Waals surface area contributed by atoms with E-state index >= 15 is 0 Å². The van der Waals surface area contributed by atoms with E-state index in [1.54, 1.807) is 0 Å². The summed E-state index contributed by atoms with van der Waals surface area (Å²) in [5.41, 5.74) is 11.1. The fourth-order valence-corrected chi connectivity index (χ4v) is 3.52. The van der Waals surface area contributed by atoms with Gasteiger partial charge in [0.25, 0.3) is 0 Å². The average molecular weight is 511 g/mol. The molecule has 0 heteroatoms. The van der Waals surface area contributed by atoms with E-state index in [2.05, 4.69) is 152 Å². The standard InChI is InChI=1S/2C10H14.2C8H10.C2H6/c1-3-9-5-7-10(4-2)8-6-9;1-3-9-6-5-7-10(4-2)8-9;1-7-3-5-8(2)6-4-7;1-7-4-3-5-8(2)6-7;1-2/h2*5-8H,3-4H2,1-2H3;2*3-6H,1-2H3;1-2H3. The quantitative estimate of drug-likeness (QED) is 0.256. The van der Waals surface area contributed by atoms with Gasteiger partial charge in [0, 0.05) is 0 Å². The second kappa shape index (κ2) is 21.9. The van der Waals surface area contributed by atoms with Crippen LogP contribution in [0.25, 0.3) is 0 Å². The van der Waals surface area contributed by atoms with E-state index < -0.39 is 0 Å². The van der Waals surface area contributed by atoms with Gasteiger partial charge in [-0.05, 0) is 75.6 Å². The molecule has 0 aromatic heterocycles. The summed E-state index contributed by atoms with van der Waals surface area (Å²) in [6, 6.07) is 34.5. The molecule has 0 aliphatic rings. The highest BCUT2D eigenvalue weighted by Gasteiger charge is 1.90. The Kier molecular flexibility index (Phi) is 20.1. The second-order valence-electron chi connectivity index (χ2n) is 9.36. The molecule has 0 atom stereocenters. The van der Waals surface area contributed by atoms with Crippen LogP contribution in [-0.2, 0) is 25.7 Å². The van der Waals surface area contributed by atoms with Crippen molar-refractivity contribution in [2.75, 3.05) is 0 Å². The third-order valence-electron chi connectivity index (χ3n) is 6.04. The van der Waals surface area contributed by atoms with Gasteiger partial charge in [0.05, 0.1) is 0 Å². The van der Waals surface area contributed by atoms with Gasteiger partial charge >= 0.3 is 0 Å². The molecule has 0 aliphatic heterocycles. The van der Waals surface area contributed by atoms with Crippen LogP contribution in [0.4, 0.5) is 0 Å². The molecule has 0 aliphatic carbocycles. The maximum Gasteiger partial charge on any atom is -0.0307 e. The van der Waals surface area contributed by atoms with Crippen molar-refractivity contribution >= 4 is 0 Å². The Morgan fingerprint density at radius 3 is 0.921 bits per heavy atom. The zero-order valence-electron chi connectivity index (χ0n) is 26.1. The SMILES string of the molecule is CC.CCc1ccc(CC)cc1.CCc1cccc(CC)c1.Cc1ccc(C)cc1.Cc1cccc(C)c1. The lowest BCUT2D eigenvalue weighted by Crippen LogP contribution is -1.83. The summed E-state index contributed by atoms with van der Waals surface area (Å²) in [5.74, 6) is 0. The molecule has 0 bridgehead atoms. The van der Waals surface area contributed by atoms with Crippen LogP contribution in [0.5, 0.6) is 0 Å². The molecule has 0 saturated heterocycles. The largest absolute Gasteiger partial charge is 0.0683 e. The Balaban J connectivity index is 0.000000472. The summed E-state index contributed by atoms with van der Waals surface area (Å²) >= 11 is 0. The van der Waals surface area contributed by atoms with E-state index in [9.17, 15) is 0 Å². The van der Waals surface area contributed by atoms with Crippen LogP contribution in [0.2, 0.25) is 0 Å². The van der Waals surface area contributed by atoms with Crippen molar-refractivity contribution in [1.29, 1.82) is 0 Å². The van der Waals surface area contributed by atoms with Gasteiger partial charge < -0.3 is 0 Å². The van der Waals surface area contributed by atoms with Gasteiger partial charge in [0.1, 0.15) is 0 Å². The summed E-state index contributed by atoms with van der Waals surface area (Å²) in [7, 11) is 0. The van der Waals surface area contributed by atoms with Crippen LogP contribution < -0.4 is 0 Å². The van der Waals surface area contributed by atoms with E-state index in [0.29, 0.717) is 0 Å². The maximum atomic E-state index is 2.28. The van der Waals surface area contributed by atoms with E-state index in [1.165, 1.54) is 44.5 Å². The van der Waals surface area contributed by atoms with Crippen molar-refractivity contribution in [2.24, 2.45) is 0 Å². The number of benzene rings is 4. The van der Waals surface area contributed by atoms with Crippen molar-refractivity contribution in [1.82, 2.24) is 0 Å². The van der Waals surface area contributed by atoms with Crippen molar-refractivity contribution in [3.05, 3.63) is 142 Å². The summed E-state index contributed by atoms with van der Waals surface area (Å²) in [6.07, 6.45) is 4.58. The molecule has 38 heavy (non-hydrogen) atoms. The molecule has 4 rings (SSSR count). The predicted molar refractivity (Wildman–Crippen MR) is 174 cm³/mol. The van der Waals surface area contributed by atoms with Crippen molar-refractivity contribution in [3.63, 3.8) is 0 Å². The minimum atomic E-state index is 1.14. The monoisotopic (exact) mass is 510 g/mol. The topological polar surface area (TPSA) is 0 Å². The first-order valence-corrected chi connectivity index (χ1v) is 14.5. The summed E-state index contributed by atoms with van der Waals surface area (Å²) in [5, 5.41) is 0. The molecule has 4 aromatic carbocycles. The van der Waals surface area contributed by atoms with Crippen LogP contribution in [0, 0.1) is 27.7 Å². The van der Waals surface area contributed by atoms with Crippen LogP contribution >= 0.6 is 0 Å². The second-order valence-corrected chi connectivity index (χ2v) is 9.36. The van der Waals surface area contributed by atoms with E-state index in [-0.39, 0.29) is 0 Å². The lowest BCUT2D eigenvalue weighted by Gasteiger charge is -1.98. The number of hydrogen-bond acceptors (Lipinski definition) is 0. The maximum absolute atomic E-state index is 2.28. The van der Waals surface area contributed by atoms with Gasteiger partial charge in [-0.1, -0.05) is 161 Å². The van der Waals surface area contributed by atoms with Crippen molar-refractivity contribution in [2.45, 2.75) is 94.9 Å². The van der Waals surface area contributed by atoms with Crippen molar-refractivity contribution < 1.29 is 0 Å². The number of hydrogen-bond donors (Lipinski definition) is 0. The van der Waals surface area contributed by atoms with Crippen LogP contribution in [0.1, 0.15) is 86.1 Å². The summed E-state index contributed by atoms with van der Waals surface area (Å²) in [6.45, 7) is 21.1. The minimum absolute atomic E-state index is 1.14. The Bertz CT molecular complexity index is 1000. The molecule has 0 radical (unpaired) electrons. The fourth-order valence-electron chi connectivity index (χ4n) is 3.52.